The van der Waals surface area contributed by atoms with Crippen LogP contribution in [0.1, 0.15) is 65.2 Å². The van der Waals surface area contributed by atoms with Gasteiger partial charge in [0.1, 0.15) is 0 Å². The molecule has 0 heterocycles. The molecule has 2 rings (SSSR count). The van der Waals surface area contributed by atoms with Gasteiger partial charge in [0.05, 0.1) is 6.10 Å². The molecule has 1 unspecified atom stereocenters. The van der Waals surface area contributed by atoms with Crippen molar-refractivity contribution in [3.05, 3.63) is 0 Å². The largest absolute Gasteiger partial charge is 0.378 e. The van der Waals surface area contributed by atoms with E-state index in [1.54, 1.807) is 0 Å². The topological polar surface area (TPSA) is 21.3 Å². The summed E-state index contributed by atoms with van der Waals surface area (Å²) in [5, 5.41) is 3.76. The number of hydrogen-bond donors (Lipinski definition) is 1. The monoisotopic (exact) mass is 253 g/mol. The van der Waals surface area contributed by atoms with Gasteiger partial charge >= 0.3 is 0 Å². The Kier molecular flexibility index (Phi) is 5.97. The van der Waals surface area contributed by atoms with Crippen LogP contribution in [0.25, 0.3) is 0 Å². The molecule has 2 aliphatic rings. The molecule has 2 saturated carbocycles. The van der Waals surface area contributed by atoms with Crippen LogP contribution >= 0.6 is 0 Å². The third kappa shape index (κ3) is 3.96. The van der Waals surface area contributed by atoms with Gasteiger partial charge in [-0.15, -0.1) is 0 Å². The van der Waals surface area contributed by atoms with Crippen LogP contribution in [0, 0.1) is 11.8 Å². The smallest absolute Gasteiger partial charge is 0.0580 e. The second kappa shape index (κ2) is 7.49. The average molecular weight is 253 g/mol. The number of nitrogens with one attached hydrogen (secondary N) is 1. The van der Waals surface area contributed by atoms with E-state index in [9.17, 15) is 0 Å². The van der Waals surface area contributed by atoms with E-state index in [0.29, 0.717) is 6.10 Å². The maximum Gasteiger partial charge on any atom is 0.0580 e. The van der Waals surface area contributed by atoms with E-state index in [1.807, 2.05) is 0 Å². The summed E-state index contributed by atoms with van der Waals surface area (Å²) in [6.45, 7) is 6.37. The molecule has 2 heteroatoms. The number of hydrogen-bond acceptors (Lipinski definition) is 2. The predicted octanol–water partition coefficient (Wildman–Crippen LogP) is 3.75. The van der Waals surface area contributed by atoms with E-state index in [4.69, 9.17) is 4.74 Å². The van der Waals surface area contributed by atoms with Gasteiger partial charge in [0.2, 0.25) is 0 Å². The Morgan fingerprint density at radius 3 is 2.44 bits per heavy atom. The van der Waals surface area contributed by atoms with Crippen LogP contribution in [0.15, 0.2) is 0 Å². The molecular formula is C16H31NO. The Morgan fingerprint density at radius 2 is 1.83 bits per heavy atom. The summed E-state index contributed by atoms with van der Waals surface area (Å²) in [5.41, 5.74) is 0. The molecule has 106 valence electrons. The van der Waals surface area contributed by atoms with Gasteiger partial charge in [-0.2, -0.15) is 0 Å². The molecule has 2 aliphatic carbocycles. The molecular weight excluding hydrogens is 222 g/mol. The van der Waals surface area contributed by atoms with Crippen molar-refractivity contribution in [1.82, 2.24) is 5.32 Å². The molecule has 2 fully saturated rings. The van der Waals surface area contributed by atoms with E-state index in [1.165, 1.54) is 51.4 Å². The van der Waals surface area contributed by atoms with Crippen molar-refractivity contribution in [2.24, 2.45) is 11.8 Å². The lowest BCUT2D eigenvalue weighted by atomic mass is 9.73. The first-order chi connectivity index (χ1) is 8.83. The van der Waals surface area contributed by atoms with E-state index in [-0.39, 0.29) is 0 Å². The van der Waals surface area contributed by atoms with E-state index < -0.39 is 0 Å². The Morgan fingerprint density at radius 1 is 1.11 bits per heavy atom. The van der Waals surface area contributed by atoms with Crippen molar-refractivity contribution in [1.29, 1.82) is 0 Å². The molecule has 0 saturated heterocycles. The molecule has 0 bridgehead atoms. The van der Waals surface area contributed by atoms with Gasteiger partial charge in [-0.1, -0.05) is 26.2 Å². The van der Waals surface area contributed by atoms with Crippen LogP contribution in [0.5, 0.6) is 0 Å². The molecule has 1 N–H and O–H groups in total. The van der Waals surface area contributed by atoms with Crippen LogP contribution in [0.2, 0.25) is 0 Å². The highest BCUT2D eigenvalue weighted by Crippen LogP contribution is 2.37. The SMILES string of the molecule is CCNC(CC1CC(OCC)C1)C1CCCCC1. The minimum atomic E-state index is 0.577. The highest BCUT2D eigenvalue weighted by molar-refractivity contribution is 4.87. The van der Waals surface area contributed by atoms with Gasteiger partial charge in [-0.3, -0.25) is 0 Å². The van der Waals surface area contributed by atoms with Gasteiger partial charge < -0.3 is 10.1 Å². The normalized spacial score (nSPS) is 31.0. The number of rotatable bonds is 7. The zero-order valence-electron chi connectivity index (χ0n) is 12.3. The van der Waals surface area contributed by atoms with Gasteiger partial charge in [0.25, 0.3) is 0 Å². The summed E-state index contributed by atoms with van der Waals surface area (Å²) in [6.07, 6.45) is 11.9. The minimum Gasteiger partial charge on any atom is -0.378 e. The summed E-state index contributed by atoms with van der Waals surface area (Å²) in [6, 6.07) is 0.780. The molecule has 0 aromatic rings. The third-order valence-electron chi connectivity index (χ3n) is 4.87. The maximum atomic E-state index is 5.67. The predicted molar refractivity (Wildman–Crippen MR) is 76.8 cm³/mol. The fourth-order valence-electron chi connectivity index (χ4n) is 3.84. The van der Waals surface area contributed by atoms with Crippen molar-refractivity contribution >= 4 is 0 Å². The van der Waals surface area contributed by atoms with Crippen molar-refractivity contribution in [3.8, 4) is 0 Å². The molecule has 0 radical (unpaired) electrons. The summed E-state index contributed by atoms with van der Waals surface area (Å²) in [4.78, 5) is 0. The molecule has 0 amide bonds. The third-order valence-corrected chi connectivity index (χ3v) is 4.87. The summed E-state index contributed by atoms with van der Waals surface area (Å²) in [7, 11) is 0. The molecule has 0 aromatic carbocycles. The second-order valence-corrected chi connectivity index (χ2v) is 6.21. The van der Waals surface area contributed by atoms with Crippen LogP contribution in [0.4, 0.5) is 0 Å². The minimum absolute atomic E-state index is 0.577. The second-order valence-electron chi connectivity index (χ2n) is 6.21. The molecule has 18 heavy (non-hydrogen) atoms. The summed E-state index contributed by atoms with van der Waals surface area (Å²) < 4.78 is 5.67. The number of ether oxygens (including phenoxy) is 1. The van der Waals surface area contributed by atoms with Crippen LogP contribution in [-0.2, 0) is 4.74 Å². The van der Waals surface area contributed by atoms with E-state index >= 15 is 0 Å². The van der Waals surface area contributed by atoms with Crippen LogP contribution < -0.4 is 5.32 Å². The van der Waals surface area contributed by atoms with Crippen molar-refractivity contribution in [2.45, 2.75) is 77.4 Å². The van der Waals surface area contributed by atoms with Crippen molar-refractivity contribution in [3.63, 3.8) is 0 Å². The molecule has 0 aromatic heterocycles. The highest BCUT2D eigenvalue weighted by Gasteiger charge is 2.33. The van der Waals surface area contributed by atoms with Gasteiger partial charge in [-0.05, 0) is 57.4 Å². The molecule has 0 spiro atoms. The summed E-state index contributed by atoms with van der Waals surface area (Å²) in [5.74, 6) is 1.87. The Labute approximate surface area is 113 Å². The first kappa shape index (κ1) is 14.3. The maximum absolute atomic E-state index is 5.67. The molecule has 1 atom stereocenters. The first-order valence-corrected chi connectivity index (χ1v) is 8.18. The van der Waals surface area contributed by atoms with Crippen LogP contribution in [0.3, 0.4) is 0 Å². The lowest BCUT2D eigenvalue weighted by Gasteiger charge is -2.40. The summed E-state index contributed by atoms with van der Waals surface area (Å²) >= 11 is 0. The van der Waals surface area contributed by atoms with Crippen LogP contribution in [-0.4, -0.2) is 25.3 Å². The van der Waals surface area contributed by atoms with Gasteiger partial charge in [0, 0.05) is 12.6 Å². The molecule has 2 nitrogen and oxygen atoms in total. The van der Waals surface area contributed by atoms with E-state index in [2.05, 4.69) is 19.2 Å². The quantitative estimate of drug-likeness (QED) is 0.746. The highest BCUT2D eigenvalue weighted by atomic mass is 16.5. The average Bonchev–Trinajstić information content (AvgIpc) is 2.36. The standard InChI is InChI=1S/C16H31NO/c1-3-17-16(14-8-6-5-7-9-14)12-13-10-15(11-13)18-4-2/h13-17H,3-12H2,1-2H3. The molecule has 0 aliphatic heterocycles. The Hall–Kier alpha value is -0.0800. The fraction of sp³-hybridized carbons (Fsp3) is 1.00. The lowest BCUT2D eigenvalue weighted by Crippen LogP contribution is -2.42. The van der Waals surface area contributed by atoms with Crippen molar-refractivity contribution < 1.29 is 4.74 Å². The van der Waals surface area contributed by atoms with Gasteiger partial charge in [-0.25, -0.2) is 0 Å². The fourth-order valence-corrected chi connectivity index (χ4v) is 3.84. The lowest BCUT2D eigenvalue weighted by molar-refractivity contribution is -0.0312. The van der Waals surface area contributed by atoms with Crippen molar-refractivity contribution in [2.75, 3.05) is 13.2 Å². The Balaban J connectivity index is 1.72. The zero-order chi connectivity index (χ0) is 12.8. The first-order valence-electron chi connectivity index (χ1n) is 8.18. The Bertz CT molecular complexity index is 219. The van der Waals surface area contributed by atoms with E-state index in [0.717, 1.165) is 31.0 Å². The zero-order valence-corrected chi connectivity index (χ0v) is 12.3. The van der Waals surface area contributed by atoms with Gasteiger partial charge in [0.15, 0.2) is 0 Å².